The maximum absolute atomic E-state index is 11.9. The normalized spacial score (nSPS) is 11.7. The average molecular weight is 216 g/mol. The molecule has 1 aromatic heterocycles. The molecule has 7 heteroatoms. The number of aromatic nitrogens is 1. The summed E-state index contributed by atoms with van der Waals surface area (Å²) < 4.78 is 35.6. The molecule has 66 valence electrons. The highest BCUT2D eigenvalue weighted by molar-refractivity contribution is 7.10. The molecule has 0 unspecified atom stereocenters. The summed E-state index contributed by atoms with van der Waals surface area (Å²) in [6.07, 6.45) is -4.50. The van der Waals surface area contributed by atoms with E-state index >= 15 is 0 Å². The minimum atomic E-state index is -4.50. The topological polar surface area (TPSA) is 30.0 Å². The second kappa shape index (κ2) is 3.02. The van der Waals surface area contributed by atoms with Crippen LogP contribution >= 0.6 is 22.9 Å². The van der Waals surface area contributed by atoms with Crippen LogP contribution in [-0.4, -0.2) is 10.2 Å². The van der Waals surface area contributed by atoms with Crippen molar-refractivity contribution in [2.75, 3.05) is 0 Å². The summed E-state index contributed by atoms with van der Waals surface area (Å²) >= 11 is 5.25. The molecule has 12 heavy (non-hydrogen) atoms. The van der Waals surface area contributed by atoms with E-state index in [2.05, 4.69) is 4.98 Å². The minimum Gasteiger partial charge on any atom is -0.274 e. The fourth-order valence-electron chi connectivity index (χ4n) is 0.494. The summed E-state index contributed by atoms with van der Waals surface area (Å²) in [4.78, 5) is 13.3. The first-order valence-electron chi connectivity index (χ1n) is 2.64. The number of alkyl halides is 3. The summed E-state index contributed by atoms with van der Waals surface area (Å²) in [6, 6.07) is 0. The molecule has 0 aliphatic rings. The smallest absolute Gasteiger partial charge is 0.274 e. The Kier molecular flexibility index (Phi) is 2.39. The quantitative estimate of drug-likeness (QED) is 0.674. The van der Waals surface area contributed by atoms with Gasteiger partial charge in [0.05, 0.1) is 0 Å². The molecule has 0 bridgehead atoms. The van der Waals surface area contributed by atoms with E-state index in [4.69, 9.17) is 11.6 Å². The minimum absolute atomic E-state index is 0.343. The number of hydrogen-bond acceptors (Lipinski definition) is 3. The Balaban J connectivity index is 3.00. The van der Waals surface area contributed by atoms with Crippen molar-refractivity contribution in [2.24, 2.45) is 0 Å². The van der Waals surface area contributed by atoms with Gasteiger partial charge in [-0.1, -0.05) is 0 Å². The molecular formula is C5HClF3NOS. The highest BCUT2D eigenvalue weighted by Gasteiger charge is 2.34. The Labute approximate surface area is 74.0 Å². The molecule has 0 aromatic carbocycles. The van der Waals surface area contributed by atoms with Crippen molar-refractivity contribution in [3.8, 4) is 0 Å². The highest BCUT2D eigenvalue weighted by Crippen LogP contribution is 2.31. The summed E-state index contributed by atoms with van der Waals surface area (Å²) in [5.41, 5.74) is -0.367. The van der Waals surface area contributed by atoms with E-state index in [1.165, 1.54) is 0 Å². The van der Waals surface area contributed by atoms with Gasteiger partial charge in [0.2, 0.25) is 0 Å². The van der Waals surface area contributed by atoms with Gasteiger partial charge in [0.25, 0.3) is 5.24 Å². The Morgan fingerprint density at radius 1 is 1.58 bits per heavy atom. The maximum Gasteiger partial charge on any atom is 0.443 e. The van der Waals surface area contributed by atoms with E-state index < -0.39 is 16.4 Å². The zero-order valence-corrected chi connectivity index (χ0v) is 6.93. The van der Waals surface area contributed by atoms with Gasteiger partial charge in [0.1, 0.15) is 5.69 Å². The molecule has 0 aliphatic carbocycles. The largest absolute Gasteiger partial charge is 0.443 e. The zero-order chi connectivity index (χ0) is 9.35. The molecular weight excluding hydrogens is 215 g/mol. The lowest BCUT2D eigenvalue weighted by Gasteiger charge is -1.98. The van der Waals surface area contributed by atoms with Crippen LogP contribution < -0.4 is 0 Å². The van der Waals surface area contributed by atoms with Crippen LogP contribution in [0.25, 0.3) is 0 Å². The number of nitrogens with zero attached hydrogens (tertiary/aromatic N) is 1. The zero-order valence-electron chi connectivity index (χ0n) is 5.35. The fraction of sp³-hybridized carbons (Fsp3) is 0.200. The monoisotopic (exact) mass is 215 g/mol. The number of halogens is 4. The molecule has 0 radical (unpaired) electrons. The van der Waals surface area contributed by atoms with Crippen LogP contribution in [-0.2, 0) is 6.18 Å². The van der Waals surface area contributed by atoms with Crippen LogP contribution in [0.3, 0.4) is 0 Å². The number of carbonyl (C=O) groups excluding carboxylic acids is 1. The predicted molar refractivity (Wildman–Crippen MR) is 37.3 cm³/mol. The van der Waals surface area contributed by atoms with Gasteiger partial charge in [-0.2, -0.15) is 13.2 Å². The molecule has 2 nitrogen and oxygen atoms in total. The fourth-order valence-corrected chi connectivity index (χ4v) is 1.32. The van der Waals surface area contributed by atoms with E-state index in [-0.39, 0.29) is 5.69 Å². The van der Waals surface area contributed by atoms with E-state index in [1.54, 1.807) is 0 Å². The number of thiazole rings is 1. The number of rotatable bonds is 1. The van der Waals surface area contributed by atoms with Crippen LogP contribution in [0.1, 0.15) is 15.5 Å². The summed E-state index contributed by atoms with van der Waals surface area (Å²) in [7, 11) is 0. The van der Waals surface area contributed by atoms with E-state index in [0.717, 1.165) is 5.38 Å². The summed E-state index contributed by atoms with van der Waals surface area (Å²) in [6.45, 7) is 0. The first-order chi connectivity index (χ1) is 5.41. The summed E-state index contributed by atoms with van der Waals surface area (Å²) in [5, 5.41) is -1.08. The molecule has 0 saturated carbocycles. The third-order valence-electron chi connectivity index (χ3n) is 0.948. The Morgan fingerprint density at radius 3 is 2.42 bits per heavy atom. The lowest BCUT2D eigenvalue weighted by Crippen LogP contribution is -2.04. The van der Waals surface area contributed by atoms with Crippen LogP contribution in [0.5, 0.6) is 0 Å². The molecule has 1 aromatic rings. The van der Waals surface area contributed by atoms with Crippen molar-refractivity contribution in [3.63, 3.8) is 0 Å². The third kappa shape index (κ3) is 1.95. The van der Waals surface area contributed by atoms with E-state index in [9.17, 15) is 18.0 Å². The van der Waals surface area contributed by atoms with Crippen LogP contribution in [0.15, 0.2) is 5.38 Å². The second-order valence-electron chi connectivity index (χ2n) is 1.81. The van der Waals surface area contributed by atoms with Gasteiger partial charge in [-0.25, -0.2) is 4.98 Å². The molecule has 0 amide bonds. The van der Waals surface area contributed by atoms with Gasteiger partial charge in [-0.3, -0.25) is 4.79 Å². The maximum atomic E-state index is 11.9. The third-order valence-corrected chi connectivity index (χ3v) is 2.03. The molecule has 0 fully saturated rings. The average Bonchev–Trinajstić information content (AvgIpc) is 2.30. The van der Waals surface area contributed by atoms with Crippen molar-refractivity contribution in [2.45, 2.75) is 6.18 Å². The first kappa shape index (κ1) is 9.47. The molecule has 1 heterocycles. The molecule has 0 atom stereocenters. The number of carbonyl (C=O) groups is 1. The Bertz CT molecular complexity index is 308. The van der Waals surface area contributed by atoms with Gasteiger partial charge in [-0.15, -0.1) is 11.3 Å². The molecule has 1 rings (SSSR count). The van der Waals surface area contributed by atoms with Gasteiger partial charge >= 0.3 is 6.18 Å². The summed E-state index contributed by atoms with van der Waals surface area (Å²) in [5.74, 6) is 0. The molecule has 0 N–H and O–H groups in total. The standard InChI is InChI=1S/C5HClF3NOS/c6-3(11)2-1-12-4(10-2)5(7,8)9/h1H. The molecule has 0 aliphatic heterocycles. The van der Waals surface area contributed by atoms with Crippen molar-refractivity contribution >= 4 is 28.2 Å². The Hall–Kier alpha value is -0.620. The Morgan fingerprint density at radius 2 is 2.17 bits per heavy atom. The SMILES string of the molecule is O=C(Cl)c1csc(C(F)(F)F)n1. The van der Waals surface area contributed by atoms with Crippen molar-refractivity contribution in [3.05, 3.63) is 16.1 Å². The van der Waals surface area contributed by atoms with Crippen LogP contribution in [0, 0.1) is 0 Å². The van der Waals surface area contributed by atoms with Gasteiger partial charge < -0.3 is 0 Å². The lowest BCUT2D eigenvalue weighted by molar-refractivity contribution is -0.137. The first-order valence-corrected chi connectivity index (χ1v) is 3.89. The molecule has 0 saturated heterocycles. The highest BCUT2D eigenvalue weighted by atomic mass is 35.5. The van der Waals surface area contributed by atoms with Crippen molar-refractivity contribution < 1.29 is 18.0 Å². The van der Waals surface area contributed by atoms with Gasteiger partial charge in [-0.05, 0) is 11.6 Å². The lowest BCUT2D eigenvalue weighted by atomic mass is 10.5. The van der Waals surface area contributed by atoms with Crippen molar-refractivity contribution in [1.82, 2.24) is 4.98 Å². The van der Waals surface area contributed by atoms with Crippen LogP contribution in [0.2, 0.25) is 0 Å². The second-order valence-corrected chi connectivity index (χ2v) is 3.01. The van der Waals surface area contributed by atoms with E-state index in [0.29, 0.717) is 11.3 Å². The predicted octanol–water partition coefficient (Wildman–Crippen LogP) is 2.54. The number of hydrogen-bond donors (Lipinski definition) is 0. The van der Waals surface area contributed by atoms with E-state index in [1.807, 2.05) is 0 Å². The van der Waals surface area contributed by atoms with Crippen molar-refractivity contribution in [1.29, 1.82) is 0 Å². The molecule has 0 spiro atoms. The van der Waals surface area contributed by atoms with Gasteiger partial charge in [0, 0.05) is 5.38 Å². The van der Waals surface area contributed by atoms with Crippen LogP contribution in [0.4, 0.5) is 13.2 Å². The van der Waals surface area contributed by atoms with Gasteiger partial charge in [0.15, 0.2) is 5.01 Å².